The number of aromatic nitrogens is 2. The summed E-state index contributed by atoms with van der Waals surface area (Å²) in [4.78, 5) is 8.92. The molecule has 2 heterocycles. The van der Waals surface area contributed by atoms with E-state index >= 15 is 0 Å². The fourth-order valence-electron chi connectivity index (χ4n) is 6.40. The largest absolute Gasteiger partial charge is 0.265 e. The number of hydrogen-bond donors (Lipinski definition) is 0. The normalized spacial score (nSPS) is 11.4. The first-order chi connectivity index (χ1) is 21.2. The van der Waals surface area contributed by atoms with Gasteiger partial charge in [0.05, 0.1) is 5.69 Å². The predicted molar refractivity (Wildman–Crippen MR) is 181 cm³/mol. The molecule has 2 nitrogen and oxygen atoms in total. The molecule has 2 aromatic heterocycles. The lowest BCUT2D eigenvalue weighted by Crippen LogP contribution is -1.93. The van der Waals surface area contributed by atoms with E-state index in [1.165, 1.54) is 60.1 Å². The fourth-order valence-corrected chi connectivity index (χ4v) is 6.40. The van der Waals surface area contributed by atoms with Gasteiger partial charge in [-0.3, -0.25) is 9.97 Å². The Balaban J connectivity index is 1.34. The lowest BCUT2D eigenvalue weighted by Gasteiger charge is -2.19. The number of fused-ring (bicyclic) bond motifs is 3. The van der Waals surface area contributed by atoms with Crippen LogP contribution >= 0.6 is 0 Å². The molecule has 202 valence electrons. The topological polar surface area (TPSA) is 25.8 Å². The molecule has 8 rings (SSSR count). The third-order valence-corrected chi connectivity index (χ3v) is 8.55. The minimum absolute atomic E-state index is 0.944. The van der Waals surface area contributed by atoms with Gasteiger partial charge in [-0.05, 0) is 103 Å². The molecule has 0 atom stereocenters. The van der Waals surface area contributed by atoms with E-state index in [1.807, 2.05) is 18.3 Å². The third-order valence-electron chi connectivity index (χ3n) is 8.55. The summed E-state index contributed by atoms with van der Waals surface area (Å²) >= 11 is 0. The predicted octanol–water partition coefficient (Wildman–Crippen LogP) is 10.9. The Kier molecular flexibility index (Phi) is 6.05. The van der Waals surface area contributed by atoms with E-state index in [-0.39, 0.29) is 0 Å². The maximum absolute atomic E-state index is 4.79. The third kappa shape index (κ3) is 4.36. The second kappa shape index (κ2) is 10.3. The number of benzene rings is 6. The summed E-state index contributed by atoms with van der Waals surface area (Å²) in [7, 11) is 0. The zero-order chi connectivity index (χ0) is 28.8. The minimum atomic E-state index is 0.944. The maximum atomic E-state index is 4.79. The summed E-state index contributed by atoms with van der Waals surface area (Å²) in [6, 6.07) is 48.2. The van der Waals surface area contributed by atoms with Gasteiger partial charge >= 0.3 is 0 Å². The van der Waals surface area contributed by atoms with Gasteiger partial charge in [-0.1, -0.05) is 103 Å². The number of nitrogens with zero attached hydrogens (tertiary/aromatic N) is 2. The number of hydrogen-bond acceptors (Lipinski definition) is 2. The van der Waals surface area contributed by atoms with Crippen LogP contribution in [-0.2, 0) is 0 Å². The van der Waals surface area contributed by atoms with Crippen molar-refractivity contribution in [2.24, 2.45) is 0 Å². The second-order valence-corrected chi connectivity index (χ2v) is 11.1. The van der Waals surface area contributed by atoms with E-state index in [4.69, 9.17) is 4.98 Å². The molecule has 0 spiro atoms. The second-order valence-electron chi connectivity index (χ2n) is 11.1. The first-order valence-corrected chi connectivity index (χ1v) is 14.6. The molecular formula is C41H28N2. The zero-order valence-electron chi connectivity index (χ0n) is 23.8. The molecule has 0 aliphatic carbocycles. The van der Waals surface area contributed by atoms with Crippen molar-refractivity contribution in [2.75, 3.05) is 0 Å². The summed E-state index contributed by atoms with van der Waals surface area (Å²) in [5, 5.41) is 7.56. The Hall–Kier alpha value is -5.60. The summed E-state index contributed by atoms with van der Waals surface area (Å²) < 4.78 is 0. The maximum Gasteiger partial charge on any atom is 0.0703 e. The summed E-state index contributed by atoms with van der Waals surface area (Å²) in [5.41, 5.74) is 10.6. The van der Waals surface area contributed by atoms with E-state index in [2.05, 4.69) is 133 Å². The molecule has 0 aliphatic heterocycles. The fraction of sp³-hybridized carbons (Fsp3) is 0.0244. The highest BCUT2D eigenvalue weighted by atomic mass is 14.7. The molecule has 43 heavy (non-hydrogen) atoms. The van der Waals surface area contributed by atoms with Crippen molar-refractivity contribution in [1.82, 2.24) is 9.97 Å². The van der Waals surface area contributed by atoms with E-state index in [0.717, 1.165) is 22.4 Å². The van der Waals surface area contributed by atoms with Crippen LogP contribution in [0.3, 0.4) is 0 Å². The zero-order valence-corrected chi connectivity index (χ0v) is 23.8. The lowest BCUT2D eigenvalue weighted by atomic mass is 9.84. The molecule has 0 saturated heterocycles. The average Bonchev–Trinajstić information content (AvgIpc) is 3.08. The van der Waals surface area contributed by atoms with Crippen LogP contribution in [0.4, 0.5) is 0 Å². The van der Waals surface area contributed by atoms with Crippen molar-refractivity contribution in [1.29, 1.82) is 0 Å². The van der Waals surface area contributed by atoms with E-state index < -0.39 is 0 Å². The molecule has 0 aliphatic rings. The molecule has 0 unspecified atom stereocenters. The smallest absolute Gasteiger partial charge is 0.0703 e. The molecule has 0 saturated carbocycles. The van der Waals surface area contributed by atoms with Crippen molar-refractivity contribution in [3.8, 4) is 44.6 Å². The SMILES string of the molecule is Cc1ccc(-c2ccc(-c3ccncc3)nc2)cc1-c1c2ccccc2c(-c2ccc3ccccc3c2)c2ccccc12. The highest BCUT2D eigenvalue weighted by molar-refractivity contribution is 6.22. The van der Waals surface area contributed by atoms with Crippen LogP contribution in [0.2, 0.25) is 0 Å². The van der Waals surface area contributed by atoms with Gasteiger partial charge in [0.15, 0.2) is 0 Å². The molecular weight excluding hydrogens is 520 g/mol. The number of aryl methyl sites for hydroxylation is 1. The molecule has 0 bridgehead atoms. The van der Waals surface area contributed by atoms with Gasteiger partial charge < -0.3 is 0 Å². The highest BCUT2D eigenvalue weighted by Gasteiger charge is 2.18. The van der Waals surface area contributed by atoms with Crippen LogP contribution in [0.5, 0.6) is 0 Å². The van der Waals surface area contributed by atoms with Gasteiger partial charge in [-0.2, -0.15) is 0 Å². The average molecular weight is 549 g/mol. The van der Waals surface area contributed by atoms with Crippen LogP contribution < -0.4 is 0 Å². The lowest BCUT2D eigenvalue weighted by molar-refractivity contribution is 1.29. The van der Waals surface area contributed by atoms with Gasteiger partial charge in [0, 0.05) is 29.7 Å². The number of rotatable bonds is 4. The van der Waals surface area contributed by atoms with Crippen LogP contribution in [-0.4, -0.2) is 9.97 Å². The van der Waals surface area contributed by atoms with Gasteiger partial charge in [-0.15, -0.1) is 0 Å². The molecule has 2 heteroatoms. The molecule has 8 aromatic rings. The van der Waals surface area contributed by atoms with Gasteiger partial charge in [0.1, 0.15) is 0 Å². The van der Waals surface area contributed by atoms with Crippen LogP contribution in [0.1, 0.15) is 5.56 Å². The van der Waals surface area contributed by atoms with Crippen molar-refractivity contribution in [3.05, 3.63) is 158 Å². The van der Waals surface area contributed by atoms with Gasteiger partial charge in [-0.25, -0.2) is 0 Å². The van der Waals surface area contributed by atoms with Crippen LogP contribution in [0.15, 0.2) is 152 Å². The molecule has 6 aromatic carbocycles. The monoisotopic (exact) mass is 548 g/mol. The molecule has 0 N–H and O–H groups in total. The van der Waals surface area contributed by atoms with E-state index in [9.17, 15) is 0 Å². The van der Waals surface area contributed by atoms with Crippen molar-refractivity contribution in [2.45, 2.75) is 6.92 Å². The Bertz CT molecular complexity index is 2230. The molecule has 0 fully saturated rings. The summed E-state index contributed by atoms with van der Waals surface area (Å²) in [6.07, 6.45) is 5.58. The minimum Gasteiger partial charge on any atom is -0.265 e. The Morgan fingerprint density at radius 2 is 1.05 bits per heavy atom. The van der Waals surface area contributed by atoms with E-state index in [1.54, 1.807) is 12.4 Å². The Labute approximate surface area is 251 Å². The Morgan fingerprint density at radius 3 is 1.72 bits per heavy atom. The number of pyridine rings is 2. The highest BCUT2D eigenvalue weighted by Crippen LogP contribution is 2.45. The van der Waals surface area contributed by atoms with Crippen molar-refractivity contribution >= 4 is 32.3 Å². The molecule has 0 amide bonds. The quantitative estimate of drug-likeness (QED) is 0.204. The first kappa shape index (κ1) is 25.1. The summed E-state index contributed by atoms with van der Waals surface area (Å²) in [5.74, 6) is 0. The van der Waals surface area contributed by atoms with E-state index in [0.29, 0.717) is 0 Å². The van der Waals surface area contributed by atoms with Gasteiger partial charge in [0.25, 0.3) is 0 Å². The standard InChI is InChI=1S/C41H28N2/c1-27-14-15-31(33-18-19-39(43-26-33)29-20-22-42-23-21-29)25-38(27)41-36-12-6-4-10-34(36)40(35-11-5-7-13-37(35)41)32-17-16-28-8-2-3-9-30(28)24-32/h2-26H,1H3. The van der Waals surface area contributed by atoms with Crippen molar-refractivity contribution < 1.29 is 0 Å². The first-order valence-electron chi connectivity index (χ1n) is 14.6. The van der Waals surface area contributed by atoms with Crippen LogP contribution in [0.25, 0.3) is 77.0 Å². The summed E-state index contributed by atoms with van der Waals surface area (Å²) in [6.45, 7) is 2.21. The van der Waals surface area contributed by atoms with Crippen molar-refractivity contribution in [3.63, 3.8) is 0 Å². The Morgan fingerprint density at radius 1 is 0.442 bits per heavy atom. The molecule has 0 radical (unpaired) electrons. The van der Waals surface area contributed by atoms with Gasteiger partial charge in [0.2, 0.25) is 0 Å². The van der Waals surface area contributed by atoms with Crippen LogP contribution in [0, 0.1) is 6.92 Å².